The quantitative estimate of drug-likeness (QED) is 0.510. The number of hydrogen-bond acceptors (Lipinski definition) is 2. The van der Waals surface area contributed by atoms with E-state index >= 15 is 0 Å². The van der Waals surface area contributed by atoms with Gasteiger partial charge in [-0.1, -0.05) is 26.0 Å². The Balaban J connectivity index is 0.000000704. The minimum absolute atomic E-state index is 0.842. The summed E-state index contributed by atoms with van der Waals surface area (Å²) in [5.41, 5.74) is 7.31. The molecule has 2 heteroatoms. The molecule has 1 aliphatic rings. The highest BCUT2D eigenvalue weighted by Crippen LogP contribution is 2.31. The fraction of sp³-hybridized carbons (Fsp3) is 0.222. The van der Waals surface area contributed by atoms with E-state index in [0.29, 0.717) is 0 Å². The molecule has 0 saturated heterocycles. The van der Waals surface area contributed by atoms with Crippen molar-refractivity contribution in [3.8, 4) is 0 Å². The Morgan fingerprint density at radius 3 is 2.85 bits per heavy atom. The van der Waals surface area contributed by atoms with Gasteiger partial charge >= 0.3 is 0 Å². The number of rotatable bonds is 3. The van der Waals surface area contributed by atoms with E-state index in [1.807, 2.05) is 39.0 Å². The second-order valence-electron chi connectivity index (χ2n) is 4.46. The second kappa shape index (κ2) is 6.23. The standard InChI is InChI=1S/C16H13NO.C2H6/c1-11(10-17)5-6-12-7-8-16-14(9-12)13-3-2-4-15(13)18-16;1-2/h3-5,7-10,17H,6H2,1H3;1-2H3/b11-5-,17-10?;. The van der Waals surface area contributed by atoms with Crippen LogP contribution >= 0.6 is 0 Å². The van der Waals surface area contributed by atoms with E-state index in [9.17, 15) is 0 Å². The van der Waals surface area contributed by atoms with Crippen molar-refractivity contribution < 1.29 is 4.42 Å². The Morgan fingerprint density at radius 1 is 1.30 bits per heavy atom. The lowest BCUT2D eigenvalue weighted by atomic mass is 10.1. The second-order valence-corrected chi connectivity index (χ2v) is 4.46. The average Bonchev–Trinajstić information content (AvgIpc) is 3.07. The van der Waals surface area contributed by atoms with Gasteiger partial charge in [0.25, 0.3) is 0 Å². The Kier molecular flexibility index (Phi) is 4.39. The van der Waals surface area contributed by atoms with Crippen molar-refractivity contribution in [3.05, 3.63) is 52.5 Å². The highest BCUT2D eigenvalue weighted by Gasteiger charge is 2.12. The van der Waals surface area contributed by atoms with Crippen LogP contribution in [0.1, 0.15) is 37.7 Å². The maximum Gasteiger partial charge on any atom is 0.143 e. The molecule has 20 heavy (non-hydrogen) atoms. The van der Waals surface area contributed by atoms with Crippen LogP contribution in [-0.2, 0) is 6.42 Å². The molecular formula is C18H19NO. The van der Waals surface area contributed by atoms with E-state index < -0.39 is 0 Å². The summed E-state index contributed by atoms with van der Waals surface area (Å²) in [6, 6.07) is 6.24. The molecule has 3 rings (SSSR count). The van der Waals surface area contributed by atoms with Crippen LogP contribution in [0.3, 0.4) is 0 Å². The Labute approximate surface area is 119 Å². The van der Waals surface area contributed by atoms with Crippen molar-refractivity contribution in [1.29, 1.82) is 5.41 Å². The molecule has 1 aliphatic carbocycles. The van der Waals surface area contributed by atoms with E-state index in [-0.39, 0.29) is 0 Å². The predicted octanol–water partition coefficient (Wildman–Crippen LogP) is 5.24. The zero-order chi connectivity index (χ0) is 14.5. The van der Waals surface area contributed by atoms with Gasteiger partial charge in [0.15, 0.2) is 0 Å². The van der Waals surface area contributed by atoms with Crippen molar-refractivity contribution in [2.75, 3.05) is 0 Å². The molecular weight excluding hydrogens is 246 g/mol. The van der Waals surface area contributed by atoms with Gasteiger partial charge in [0.1, 0.15) is 11.3 Å². The van der Waals surface area contributed by atoms with Gasteiger partial charge in [0.2, 0.25) is 0 Å². The fourth-order valence-electron chi connectivity index (χ4n) is 2.10. The molecule has 0 aliphatic heterocycles. The zero-order valence-electron chi connectivity index (χ0n) is 12.2. The molecule has 0 atom stereocenters. The number of benzene rings is 1. The first-order valence-electron chi connectivity index (χ1n) is 6.93. The van der Waals surface area contributed by atoms with Crippen LogP contribution < -0.4 is 0 Å². The van der Waals surface area contributed by atoms with Crippen molar-refractivity contribution in [2.24, 2.45) is 0 Å². The van der Waals surface area contributed by atoms with E-state index in [0.717, 1.165) is 34.3 Å². The normalized spacial score (nSPS) is 12.2. The fourth-order valence-corrected chi connectivity index (χ4v) is 2.10. The molecule has 2 nitrogen and oxygen atoms in total. The lowest BCUT2D eigenvalue weighted by Gasteiger charge is -1.98. The highest BCUT2D eigenvalue weighted by molar-refractivity contribution is 5.93. The van der Waals surface area contributed by atoms with Gasteiger partial charge in [-0.15, -0.1) is 5.73 Å². The average molecular weight is 265 g/mol. The molecule has 0 amide bonds. The Morgan fingerprint density at radius 2 is 2.10 bits per heavy atom. The molecule has 0 radical (unpaired) electrons. The van der Waals surface area contributed by atoms with Crippen LogP contribution in [0.2, 0.25) is 0 Å². The van der Waals surface area contributed by atoms with Crippen LogP contribution in [0.25, 0.3) is 23.1 Å². The SMILES string of the molecule is C/C(C=N)=C/Cc1ccc2oc3c(c2c1)C=C=C3.CC. The van der Waals surface area contributed by atoms with Crippen molar-refractivity contribution in [3.63, 3.8) is 0 Å². The van der Waals surface area contributed by atoms with Crippen LogP contribution in [0.5, 0.6) is 0 Å². The largest absolute Gasteiger partial charge is 0.455 e. The molecule has 2 aromatic rings. The predicted molar refractivity (Wildman–Crippen MR) is 86.2 cm³/mol. The maximum absolute atomic E-state index is 7.16. The third kappa shape index (κ3) is 2.66. The molecule has 0 bridgehead atoms. The van der Waals surface area contributed by atoms with Gasteiger partial charge in [0.05, 0.1) is 0 Å². The monoisotopic (exact) mass is 265 g/mol. The number of nitrogens with one attached hydrogen (secondary N) is 1. The zero-order valence-corrected chi connectivity index (χ0v) is 12.2. The molecule has 102 valence electrons. The summed E-state index contributed by atoms with van der Waals surface area (Å²) >= 11 is 0. The summed E-state index contributed by atoms with van der Waals surface area (Å²) in [5, 5.41) is 8.30. The molecule has 0 saturated carbocycles. The van der Waals surface area contributed by atoms with Gasteiger partial charge < -0.3 is 9.83 Å². The van der Waals surface area contributed by atoms with Crippen molar-refractivity contribution in [1.82, 2.24) is 0 Å². The summed E-state index contributed by atoms with van der Waals surface area (Å²) in [5.74, 6) is 0.897. The summed E-state index contributed by atoms with van der Waals surface area (Å²) < 4.78 is 5.71. The molecule has 1 heterocycles. The molecule has 0 spiro atoms. The van der Waals surface area contributed by atoms with Crippen LogP contribution in [-0.4, -0.2) is 6.21 Å². The Bertz CT molecular complexity index is 725. The molecule has 0 unspecified atom stereocenters. The van der Waals surface area contributed by atoms with E-state index in [4.69, 9.17) is 9.83 Å². The number of allylic oxidation sites excluding steroid dienone is 2. The molecule has 1 aromatic carbocycles. The molecule has 1 N–H and O–H groups in total. The lowest BCUT2D eigenvalue weighted by molar-refractivity contribution is 0.604. The van der Waals surface area contributed by atoms with Crippen LogP contribution in [0.15, 0.2) is 40.0 Å². The van der Waals surface area contributed by atoms with Crippen LogP contribution in [0, 0.1) is 5.41 Å². The molecule has 0 fully saturated rings. The van der Waals surface area contributed by atoms with E-state index in [1.54, 1.807) is 0 Å². The highest BCUT2D eigenvalue weighted by atomic mass is 16.3. The molecule has 1 aromatic heterocycles. The van der Waals surface area contributed by atoms with Gasteiger partial charge in [-0.3, -0.25) is 0 Å². The third-order valence-electron chi connectivity index (χ3n) is 3.15. The van der Waals surface area contributed by atoms with Gasteiger partial charge in [0, 0.05) is 23.2 Å². The van der Waals surface area contributed by atoms with Gasteiger partial charge in [-0.05, 0) is 42.7 Å². The van der Waals surface area contributed by atoms with E-state index in [2.05, 4.69) is 23.9 Å². The maximum atomic E-state index is 7.16. The van der Waals surface area contributed by atoms with Crippen LogP contribution in [0.4, 0.5) is 0 Å². The van der Waals surface area contributed by atoms with Gasteiger partial charge in [-0.2, -0.15) is 0 Å². The third-order valence-corrected chi connectivity index (χ3v) is 3.15. The first kappa shape index (κ1) is 14.1. The summed E-state index contributed by atoms with van der Waals surface area (Å²) in [6.07, 6.45) is 8.11. The minimum atomic E-state index is 0.842. The summed E-state index contributed by atoms with van der Waals surface area (Å²) in [6.45, 7) is 5.94. The van der Waals surface area contributed by atoms with Crippen molar-refractivity contribution >= 4 is 29.3 Å². The number of hydrogen-bond donors (Lipinski definition) is 1. The van der Waals surface area contributed by atoms with Gasteiger partial charge in [-0.25, -0.2) is 0 Å². The summed E-state index contributed by atoms with van der Waals surface area (Å²) in [4.78, 5) is 0. The first-order chi connectivity index (χ1) is 9.78. The lowest BCUT2D eigenvalue weighted by Crippen LogP contribution is -1.84. The first-order valence-corrected chi connectivity index (χ1v) is 6.93. The Hall–Kier alpha value is -2.31. The smallest absolute Gasteiger partial charge is 0.143 e. The number of fused-ring (bicyclic) bond motifs is 3. The minimum Gasteiger partial charge on any atom is -0.455 e. The van der Waals surface area contributed by atoms with E-state index in [1.165, 1.54) is 11.8 Å². The topological polar surface area (TPSA) is 37.0 Å². The van der Waals surface area contributed by atoms with Crippen molar-refractivity contribution in [2.45, 2.75) is 27.2 Å². The summed E-state index contributed by atoms with van der Waals surface area (Å²) in [7, 11) is 0. The number of furan rings is 1.